The summed E-state index contributed by atoms with van der Waals surface area (Å²) in [5.41, 5.74) is 0. The fraction of sp³-hybridized carbons (Fsp3) is 0.400. The van der Waals surface area contributed by atoms with Crippen LogP contribution in [0.2, 0.25) is 0 Å². The Morgan fingerprint density at radius 1 is 1.47 bits per heavy atom. The Balaban J connectivity index is 2.51. The van der Waals surface area contributed by atoms with Crippen molar-refractivity contribution in [3.63, 3.8) is 0 Å². The Bertz CT molecular complexity index is 443. The molecule has 0 aliphatic rings. The average Bonchev–Trinajstić information content (AvgIpc) is 2.89. The van der Waals surface area contributed by atoms with Gasteiger partial charge >= 0.3 is 5.97 Å². The van der Waals surface area contributed by atoms with E-state index in [-0.39, 0.29) is 0 Å². The van der Waals surface area contributed by atoms with Crippen molar-refractivity contribution in [3.05, 3.63) is 41.9 Å². The van der Waals surface area contributed by atoms with E-state index in [1.807, 2.05) is 6.08 Å². The van der Waals surface area contributed by atoms with Gasteiger partial charge in [-0.15, -0.1) is 0 Å². The summed E-state index contributed by atoms with van der Waals surface area (Å²) in [6, 6.07) is 3.42. The topological polar surface area (TPSA) is 59.7 Å². The zero-order valence-corrected chi connectivity index (χ0v) is 11.3. The minimum Gasteiger partial charge on any atom is -0.466 e. The van der Waals surface area contributed by atoms with Gasteiger partial charge in [0.2, 0.25) is 0 Å². The SMILES string of the molecule is CCC=CCCC(O)c1ccc(C=CC(=O)OC)o1. The largest absolute Gasteiger partial charge is 0.466 e. The van der Waals surface area contributed by atoms with Crippen molar-refractivity contribution in [2.75, 3.05) is 7.11 Å². The number of aliphatic hydroxyl groups is 1. The van der Waals surface area contributed by atoms with E-state index in [4.69, 9.17) is 4.42 Å². The Kier molecular flexibility index (Phi) is 6.68. The number of hydrogen-bond acceptors (Lipinski definition) is 4. The van der Waals surface area contributed by atoms with Crippen molar-refractivity contribution in [2.45, 2.75) is 32.3 Å². The third-order valence-electron chi connectivity index (χ3n) is 2.57. The third-order valence-corrected chi connectivity index (χ3v) is 2.57. The number of ether oxygens (including phenoxy) is 1. The van der Waals surface area contributed by atoms with Gasteiger partial charge in [0.25, 0.3) is 0 Å². The van der Waals surface area contributed by atoms with Gasteiger partial charge in [-0.1, -0.05) is 19.1 Å². The highest BCUT2D eigenvalue weighted by atomic mass is 16.5. The number of furan rings is 1. The minimum atomic E-state index is -0.623. The van der Waals surface area contributed by atoms with Crippen LogP contribution in [0, 0.1) is 0 Å². The molecule has 0 fully saturated rings. The lowest BCUT2D eigenvalue weighted by molar-refractivity contribution is -0.134. The number of carbonyl (C=O) groups is 1. The van der Waals surface area contributed by atoms with E-state index in [1.165, 1.54) is 19.3 Å². The molecule has 4 nitrogen and oxygen atoms in total. The molecule has 1 atom stereocenters. The molecule has 1 heterocycles. The van der Waals surface area contributed by atoms with Crippen LogP contribution in [0.15, 0.2) is 34.8 Å². The second-order valence-corrected chi connectivity index (χ2v) is 4.07. The summed E-state index contributed by atoms with van der Waals surface area (Å²) in [6.45, 7) is 2.07. The summed E-state index contributed by atoms with van der Waals surface area (Å²) < 4.78 is 9.91. The lowest BCUT2D eigenvalue weighted by Gasteiger charge is -2.04. The van der Waals surface area contributed by atoms with Crippen LogP contribution < -0.4 is 0 Å². The van der Waals surface area contributed by atoms with Crippen molar-refractivity contribution < 1.29 is 19.1 Å². The van der Waals surface area contributed by atoms with Gasteiger partial charge < -0.3 is 14.3 Å². The van der Waals surface area contributed by atoms with Crippen LogP contribution in [0.1, 0.15) is 43.8 Å². The highest BCUT2D eigenvalue weighted by molar-refractivity contribution is 5.86. The highest BCUT2D eigenvalue weighted by Gasteiger charge is 2.10. The van der Waals surface area contributed by atoms with Crippen molar-refractivity contribution in [1.29, 1.82) is 0 Å². The average molecular weight is 264 g/mol. The molecule has 0 aliphatic carbocycles. The predicted octanol–water partition coefficient (Wildman–Crippen LogP) is 3.25. The molecule has 0 aliphatic heterocycles. The predicted molar refractivity (Wildman–Crippen MR) is 73.4 cm³/mol. The van der Waals surface area contributed by atoms with Gasteiger partial charge in [0, 0.05) is 6.08 Å². The standard InChI is InChI=1S/C15H20O4/c1-3-4-5-6-7-13(16)14-10-8-12(19-14)9-11-15(17)18-2/h4-5,8-11,13,16H,3,6-7H2,1-2H3. The van der Waals surface area contributed by atoms with Crippen LogP contribution in [0.5, 0.6) is 0 Å². The third kappa shape index (κ3) is 5.57. The van der Waals surface area contributed by atoms with E-state index in [2.05, 4.69) is 17.7 Å². The number of rotatable bonds is 7. The van der Waals surface area contributed by atoms with Crippen LogP contribution in [-0.4, -0.2) is 18.2 Å². The monoisotopic (exact) mass is 264 g/mol. The molecule has 104 valence electrons. The van der Waals surface area contributed by atoms with Gasteiger partial charge in [-0.25, -0.2) is 4.79 Å². The molecule has 0 aromatic carbocycles. The molecule has 0 saturated heterocycles. The zero-order chi connectivity index (χ0) is 14.1. The van der Waals surface area contributed by atoms with E-state index in [1.54, 1.807) is 12.1 Å². The molecule has 1 aromatic heterocycles. The number of allylic oxidation sites excluding steroid dienone is 2. The van der Waals surface area contributed by atoms with Crippen molar-refractivity contribution in [1.82, 2.24) is 0 Å². The van der Waals surface area contributed by atoms with Crippen molar-refractivity contribution in [3.8, 4) is 0 Å². The van der Waals surface area contributed by atoms with Gasteiger partial charge in [-0.05, 0) is 37.5 Å². The molecule has 4 heteroatoms. The van der Waals surface area contributed by atoms with Crippen LogP contribution in [-0.2, 0) is 9.53 Å². The molecule has 1 N–H and O–H groups in total. The Hall–Kier alpha value is -1.81. The van der Waals surface area contributed by atoms with E-state index >= 15 is 0 Å². The quantitative estimate of drug-likeness (QED) is 0.466. The summed E-state index contributed by atoms with van der Waals surface area (Å²) in [6.07, 6.45) is 8.70. The Labute approximate surface area is 113 Å². The second kappa shape index (κ2) is 8.32. The number of aliphatic hydroxyl groups excluding tert-OH is 1. The Morgan fingerprint density at radius 3 is 2.95 bits per heavy atom. The lowest BCUT2D eigenvalue weighted by Crippen LogP contribution is -1.94. The Morgan fingerprint density at radius 2 is 2.26 bits per heavy atom. The van der Waals surface area contributed by atoms with Crippen LogP contribution in [0.3, 0.4) is 0 Å². The van der Waals surface area contributed by atoms with Crippen LogP contribution >= 0.6 is 0 Å². The summed E-state index contributed by atoms with van der Waals surface area (Å²) in [5, 5.41) is 9.91. The zero-order valence-electron chi connectivity index (χ0n) is 11.3. The maximum Gasteiger partial charge on any atom is 0.330 e. The lowest BCUT2D eigenvalue weighted by atomic mass is 10.1. The first-order valence-corrected chi connectivity index (χ1v) is 6.36. The van der Waals surface area contributed by atoms with Gasteiger partial charge in [-0.3, -0.25) is 0 Å². The number of esters is 1. The fourth-order valence-corrected chi connectivity index (χ4v) is 1.54. The molecule has 19 heavy (non-hydrogen) atoms. The smallest absolute Gasteiger partial charge is 0.330 e. The fourth-order valence-electron chi connectivity index (χ4n) is 1.54. The maximum absolute atomic E-state index is 10.9. The molecule has 1 aromatic rings. The first-order valence-electron chi connectivity index (χ1n) is 6.36. The molecule has 0 spiro atoms. The number of carbonyl (C=O) groups excluding carboxylic acids is 1. The number of methoxy groups -OCH3 is 1. The minimum absolute atomic E-state index is 0.441. The molecular formula is C15H20O4. The molecule has 0 bridgehead atoms. The first-order chi connectivity index (χ1) is 9.17. The summed E-state index contributed by atoms with van der Waals surface area (Å²) in [4.78, 5) is 10.9. The molecule has 0 saturated carbocycles. The summed E-state index contributed by atoms with van der Waals surface area (Å²) >= 11 is 0. The number of hydrogen-bond donors (Lipinski definition) is 1. The molecule has 1 unspecified atom stereocenters. The summed E-state index contributed by atoms with van der Waals surface area (Å²) in [7, 11) is 1.31. The van der Waals surface area contributed by atoms with Gasteiger partial charge in [-0.2, -0.15) is 0 Å². The molecular weight excluding hydrogens is 244 g/mol. The van der Waals surface area contributed by atoms with Crippen LogP contribution in [0.25, 0.3) is 6.08 Å². The van der Waals surface area contributed by atoms with E-state index in [0.717, 1.165) is 12.8 Å². The van der Waals surface area contributed by atoms with Gasteiger partial charge in [0.15, 0.2) is 0 Å². The summed E-state index contributed by atoms with van der Waals surface area (Å²) in [5.74, 6) is 0.584. The van der Waals surface area contributed by atoms with Crippen molar-refractivity contribution in [2.24, 2.45) is 0 Å². The van der Waals surface area contributed by atoms with Gasteiger partial charge in [0.05, 0.1) is 7.11 Å². The molecule has 1 rings (SSSR count). The van der Waals surface area contributed by atoms with Gasteiger partial charge in [0.1, 0.15) is 17.6 Å². The van der Waals surface area contributed by atoms with E-state index in [9.17, 15) is 9.90 Å². The van der Waals surface area contributed by atoms with Crippen LogP contribution in [0.4, 0.5) is 0 Å². The maximum atomic E-state index is 10.9. The molecule has 0 amide bonds. The highest BCUT2D eigenvalue weighted by Crippen LogP contribution is 2.21. The first kappa shape index (κ1) is 15.2. The second-order valence-electron chi connectivity index (χ2n) is 4.07. The van der Waals surface area contributed by atoms with E-state index < -0.39 is 12.1 Å². The van der Waals surface area contributed by atoms with E-state index in [0.29, 0.717) is 17.9 Å². The molecule has 0 radical (unpaired) electrons. The normalized spacial score (nSPS) is 13.2. The van der Waals surface area contributed by atoms with Crippen molar-refractivity contribution >= 4 is 12.0 Å².